The summed E-state index contributed by atoms with van der Waals surface area (Å²) in [7, 11) is 1.80. The van der Waals surface area contributed by atoms with Crippen molar-refractivity contribution in [3.8, 4) is 0 Å². The summed E-state index contributed by atoms with van der Waals surface area (Å²) in [5, 5.41) is 9.55. The second-order valence-corrected chi connectivity index (χ2v) is 7.06. The fourth-order valence-corrected chi connectivity index (χ4v) is 3.52. The highest BCUT2D eigenvalue weighted by atomic mass is 127. The summed E-state index contributed by atoms with van der Waals surface area (Å²) in [5.74, 6) is 1.74. The normalized spacial score (nSPS) is 15.0. The second-order valence-electron chi connectivity index (χ2n) is 7.06. The molecule has 0 saturated heterocycles. The molecule has 6 heteroatoms. The number of amides is 1. The quantitative estimate of drug-likeness (QED) is 0.225. The molecule has 5 nitrogen and oxygen atoms in total. The summed E-state index contributed by atoms with van der Waals surface area (Å²) in [6.07, 6.45) is 9.62. The Bertz CT molecular complexity index is 568. The zero-order valence-corrected chi connectivity index (χ0v) is 19.1. The van der Waals surface area contributed by atoms with E-state index in [1.807, 2.05) is 31.2 Å². The lowest BCUT2D eigenvalue weighted by molar-refractivity contribution is 0.0956. The lowest BCUT2D eigenvalue weighted by atomic mass is 9.86. The van der Waals surface area contributed by atoms with Crippen molar-refractivity contribution in [2.45, 2.75) is 58.4 Å². The van der Waals surface area contributed by atoms with Crippen molar-refractivity contribution in [3.05, 3.63) is 35.4 Å². The zero-order valence-electron chi connectivity index (χ0n) is 16.7. The van der Waals surface area contributed by atoms with Gasteiger partial charge in [-0.15, -0.1) is 24.0 Å². The SMILES string of the molecule is CCNC(=O)c1ccc(CNC(=NC)NCCCC2CCCCC2)cc1.I. The van der Waals surface area contributed by atoms with Crippen molar-refractivity contribution in [1.29, 1.82) is 0 Å². The van der Waals surface area contributed by atoms with E-state index in [4.69, 9.17) is 0 Å². The number of rotatable bonds is 8. The molecule has 27 heavy (non-hydrogen) atoms. The van der Waals surface area contributed by atoms with Crippen molar-refractivity contribution in [2.24, 2.45) is 10.9 Å². The van der Waals surface area contributed by atoms with Gasteiger partial charge in [0.05, 0.1) is 0 Å². The first-order valence-corrected chi connectivity index (χ1v) is 10.0. The van der Waals surface area contributed by atoms with Crippen LogP contribution in [0.15, 0.2) is 29.3 Å². The Morgan fingerprint density at radius 2 is 1.78 bits per heavy atom. The maximum atomic E-state index is 11.8. The molecule has 1 saturated carbocycles. The summed E-state index contributed by atoms with van der Waals surface area (Å²) in [6.45, 7) is 4.22. The van der Waals surface area contributed by atoms with Crippen LogP contribution in [0.4, 0.5) is 0 Å². The van der Waals surface area contributed by atoms with E-state index in [0.29, 0.717) is 18.7 Å². The maximum Gasteiger partial charge on any atom is 0.251 e. The van der Waals surface area contributed by atoms with Crippen LogP contribution >= 0.6 is 24.0 Å². The monoisotopic (exact) mass is 486 g/mol. The Labute approximate surface area is 181 Å². The molecule has 1 aromatic rings. The van der Waals surface area contributed by atoms with Crippen molar-refractivity contribution in [3.63, 3.8) is 0 Å². The molecule has 0 aromatic heterocycles. The van der Waals surface area contributed by atoms with E-state index in [0.717, 1.165) is 24.0 Å². The summed E-state index contributed by atoms with van der Waals surface area (Å²) >= 11 is 0. The average Bonchev–Trinajstić information content (AvgIpc) is 2.69. The highest BCUT2D eigenvalue weighted by molar-refractivity contribution is 14.0. The van der Waals surface area contributed by atoms with Crippen molar-refractivity contribution in [2.75, 3.05) is 20.1 Å². The van der Waals surface area contributed by atoms with E-state index in [1.165, 1.54) is 44.9 Å². The van der Waals surface area contributed by atoms with Gasteiger partial charge >= 0.3 is 0 Å². The van der Waals surface area contributed by atoms with Gasteiger partial charge in [0.2, 0.25) is 0 Å². The molecule has 0 unspecified atom stereocenters. The summed E-state index contributed by atoms with van der Waals surface area (Å²) < 4.78 is 0. The maximum absolute atomic E-state index is 11.8. The van der Waals surface area contributed by atoms with E-state index in [1.54, 1.807) is 7.05 Å². The fourth-order valence-electron chi connectivity index (χ4n) is 3.52. The number of nitrogens with zero attached hydrogens (tertiary/aromatic N) is 1. The molecule has 2 rings (SSSR count). The van der Waals surface area contributed by atoms with Crippen molar-refractivity contribution in [1.82, 2.24) is 16.0 Å². The van der Waals surface area contributed by atoms with Gasteiger partial charge in [0.25, 0.3) is 5.91 Å². The van der Waals surface area contributed by atoms with Crippen LogP contribution in [-0.2, 0) is 6.54 Å². The van der Waals surface area contributed by atoms with E-state index < -0.39 is 0 Å². The van der Waals surface area contributed by atoms with Crippen LogP contribution < -0.4 is 16.0 Å². The molecule has 1 amide bonds. The van der Waals surface area contributed by atoms with Gasteiger partial charge < -0.3 is 16.0 Å². The molecular weight excluding hydrogens is 451 g/mol. The molecule has 0 spiro atoms. The minimum atomic E-state index is -0.0255. The van der Waals surface area contributed by atoms with Crippen LogP contribution in [0, 0.1) is 5.92 Å². The summed E-state index contributed by atoms with van der Waals surface area (Å²) in [6, 6.07) is 7.69. The van der Waals surface area contributed by atoms with Gasteiger partial charge in [-0.2, -0.15) is 0 Å². The Balaban J connectivity index is 0.00000364. The number of carbonyl (C=O) groups excluding carboxylic acids is 1. The second kappa shape index (κ2) is 13.8. The first kappa shape index (κ1) is 23.7. The first-order chi connectivity index (χ1) is 12.7. The standard InChI is InChI=1S/C21H34N4O.HI/c1-3-23-20(26)19-13-11-18(12-14-19)16-25-21(22-2)24-15-7-10-17-8-5-4-6-9-17;/h11-14,17H,3-10,15-16H2,1-2H3,(H,23,26)(H2,22,24,25);1H. The van der Waals surface area contributed by atoms with Crippen LogP contribution in [0.25, 0.3) is 0 Å². The third-order valence-electron chi connectivity index (χ3n) is 5.04. The average molecular weight is 486 g/mol. The minimum Gasteiger partial charge on any atom is -0.356 e. The van der Waals surface area contributed by atoms with Crippen molar-refractivity contribution < 1.29 is 4.79 Å². The molecule has 0 heterocycles. The number of hydrogen-bond acceptors (Lipinski definition) is 2. The molecule has 152 valence electrons. The largest absolute Gasteiger partial charge is 0.356 e. The molecule has 1 aliphatic carbocycles. The fraction of sp³-hybridized carbons (Fsp3) is 0.619. The van der Waals surface area contributed by atoms with Gasteiger partial charge in [-0.25, -0.2) is 0 Å². The third kappa shape index (κ3) is 8.95. The molecule has 0 atom stereocenters. The van der Waals surface area contributed by atoms with E-state index >= 15 is 0 Å². The molecule has 0 aliphatic heterocycles. The molecular formula is C21H35IN4O. The van der Waals surface area contributed by atoms with Gasteiger partial charge in [0.1, 0.15) is 0 Å². The number of aliphatic imine (C=N–C) groups is 1. The number of hydrogen-bond donors (Lipinski definition) is 3. The van der Waals surface area contributed by atoms with E-state index in [9.17, 15) is 4.79 Å². The Hall–Kier alpha value is -1.31. The van der Waals surface area contributed by atoms with Crippen LogP contribution in [0.2, 0.25) is 0 Å². The predicted octanol–water partition coefficient (Wildman–Crippen LogP) is 4.08. The lowest BCUT2D eigenvalue weighted by Crippen LogP contribution is -2.37. The lowest BCUT2D eigenvalue weighted by Gasteiger charge is -2.21. The first-order valence-electron chi connectivity index (χ1n) is 10.0. The van der Waals surface area contributed by atoms with Crippen LogP contribution in [0.5, 0.6) is 0 Å². The third-order valence-corrected chi connectivity index (χ3v) is 5.04. The summed E-state index contributed by atoms with van der Waals surface area (Å²) in [4.78, 5) is 16.1. The number of nitrogens with one attached hydrogen (secondary N) is 3. The predicted molar refractivity (Wildman–Crippen MR) is 124 cm³/mol. The van der Waals surface area contributed by atoms with Crippen LogP contribution in [0.1, 0.15) is 67.8 Å². The molecule has 3 N–H and O–H groups in total. The van der Waals surface area contributed by atoms with Gasteiger partial charge in [-0.1, -0.05) is 44.2 Å². The highest BCUT2D eigenvalue weighted by Crippen LogP contribution is 2.26. The molecule has 0 bridgehead atoms. The molecule has 1 fully saturated rings. The van der Waals surface area contributed by atoms with E-state index in [2.05, 4.69) is 20.9 Å². The minimum absolute atomic E-state index is 0. The Morgan fingerprint density at radius 1 is 1.07 bits per heavy atom. The van der Waals surface area contributed by atoms with Crippen LogP contribution in [0.3, 0.4) is 0 Å². The van der Waals surface area contributed by atoms with Gasteiger partial charge in [-0.3, -0.25) is 9.79 Å². The molecule has 0 radical (unpaired) electrons. The Kier molecular flexibility index (Phi) is 12.1. The molecule has 1 aliphatic rings. The van der Waals surface area contributed by atoms with Crippen LogP contribution in [-0.4, -0.2) is 32.0 Å². The highest BCUT2D eigenvalue weighted by Gasteiger charge is 2.12. The van der Waals surface area contributed by atoms with Gasteiger partial charge in [-0.05, 0) is 43.4 Å². The van der Waals surface area contributed by atoms with E-state index in [-0.39, 0.29) is 29.9 Å². The summed E-state index contributed by atoms with van der Waals surface area (Å²) in [5.41, 5.74) is 1.82. The topological polar surface area (TPSA) is 65.5 Å². The smallest absolute Gasteiger partial charge is 0.251 e. The van der Waals surface area contributed by atoms with Gasteiger partial charge in [0, 0.05) is 32.2 Å². The molecule has 1 aromatic carbocycles. The number of guanidine groups is 1. The number of halogens is 1. The van der Waals surface area contributed by atoms with Crippen molar-refractivity contribution >= 4 is 35.8 Å². The Morgan fingerprint density at radius 3 is 2.41 bits per heavy atom. The zero-order chi connectivity index (χ0) is 18.6. The van der Waals surface area contributed by atoms with Gasteiger partial charge in [0.15, 0.2) is 5.96 Å². The number of benzene rings is 1. The number of carbonyl (C=O) groups is 1.